The maximum atomic E-state index is 12.9. The average Bonchev–Trinajstić information content (AvgIpc) is 3.44. The second kappa shape index (κ2) is 66.9. The van der Waals surface area contributed by atoms with Crippen LogP contribution in [0.1, 0.15) is 374 Å². The van der Waals surface area contributed by atoms with E-state index in [1.807, 2.05) is 0 Å². The molecule has 1 atom stereocenters. The monoisotopic (exact) mass is 1090 g/mol. The standard InChI is InChI=1S/C72H132O6/c1-4-7-10-13-16-19-22-25-28-30-32-33-34-35-36-37-38-39-40-42-44-47-50-53-56-59-62-65-71(74)77-68-69(67-76-70(73)64-61-58-55-52-49-46-43-27-24-21-18-15-12-9-6-3)78-72(75)66-63-60-57-54-51-48-45-41-31-29-26-23-20-17-14-11-8-5-2/h9,12,18,21,27,43,49,52,69H,4-8,10-11,13-17,19-20,22-26,28-42,44-48,50-51,53-68H2,1-3H3/b12-9-,21-18-,43-27-,52-49-. The van der Waals surface area contributed by atoms with Crippen molar-refractivity contribution in [2.45, 2.75) is 380 Å². The van der Waals surface area contributed by atoms with Gasteiger partial charge in [0.25, 0.3) is 0 Å². The number of hydrogen-bond acceptors (Lipinski definition) is 6. The summed E-state index contributed by atoms with van der Waals surface area (Å²) in [6.45, 7) is 6.56. The van der Waals surface area contributed by atoms with E-state index in [9.17, 15) is 14.4 Å². The van der Waals surface area contributed by atoms with Crippen molar-refractivity contribution in [1.82, 2.24) is 0 Å². The summed E-state index contributed by atoms with van der Waals surface area (Å²) in [5, 5.41) is 0. The van der Waals surface area contributed by atoms with Gasteiger partial charge in [-0.1, -0.05) is 345 Å². The first-order valence-corrected chi connectivity index (χ1v) is 34.6. The van der Waals surface area contributed by atoms with Gasteiger partial charge < -0.3 is 14.2 Å². The molecule has 0 fully saturated rings. The molecule has 6 heteroatoms. The molecule has 0 radical (unpaired) electrons. The molecule has 0 N–H and O–H groups in total. The maximum absolute atomic E-state index is 12.9. The Morgan fingerprint density at radius 3 is 0.782 bits per heavy atom. The van der Waals surface area contributed by atoms with E-state index in [1.165, 1.54) is 250 Å². The van der Waals surface area contributed by atoms with Crippen LogP contribution < -0.4 is 0 Å². The molecule has 0 aliphatic heterocycles. The molecule has 1 unspecified atom stereocenters. The molecule has 0 aromatic rings. The van der Waals surface area contributed by atoms with E-state index in [0.29, 0.717) is 19.3 Å². The molecular weight excluding hydrogens is 961 g/mol. The fraction of sp³-hybridized carbons (Fsp3) is 0.847. The molecule has 456 valence electrons. The molecule has 0 heterocycles. The number of rotatable bonds is 64. The molecular formula is C72H132O6. The van der Waals surface area contributed by atoms with Crippen LogP contribution in [0.4, 0.5) is 0 Å². The van der Waals surface area contributed by atoms with Crippen LogP contribution in [0.2, 0.25) is 0 Å². The Bertz CT molecular complexity index is 1350. The van der Waals surface area contributed by atoms with Crippen LogP contribution in [0.5, 0.6) is 0 Å². The number of unbranched alkanes of at least 4 members (excludes halogenated alkanes) is 45. The number of ether oxygens (including phenoxy) is 3. The summed E-state index contributed by atoms with van der Waals surface area (Å²) >= 11 is 0. The zero-order valence-corrected chi connectivity index (χ0v) is 52.5. The van der Waals surface area contributed by atoms with Gasteiger partial charge in [-0.3, -0.25) is 14.4 Å². The van der Waals surface area contributed by atoms with Crippen LogP contribution in [0.25, 0.3) is 0 Å². The molecule has 0 aromatic heterocycles. The van der Waals surface area contributed by atoms with E-state index < -0.39 is 6.10 Å². The summed E-state index contributed by atoms with van der Waals surface area (Å²) in [7, 11) is 0. The molecule has 0 aliphatic rings. The first-order valence-electron chi connectivity index (χ1n) is 34.6. The molecule has 0 rings (SSSR count). The first kappa shape index (κ1) is 75.4. The smallest absolute Gasteiger partial charge is 0.306 e. The van der Waals surface area contributed by atoms with Gasteiger partial charge >= 0.3 is 17.9 Å². The fourth-order valence-electron chi connectivity index (χ4n) is 10.4. The topological polar surface area (TPSA) is 78.9 Å². The fourth-order valence-corrected chi connectivity index (χ4v) is 10.4. The summed E-state index contributed by atoms with van der Waals surface area (Å²) in [6, 6.07) is 0. The van der Waals surface area contributed by atoms with E-state index in [0.717, 1.165) is 83.5 Å². The van der Waals surface area contributed by atoms with Crippen LogP contribution in [-0.4, -0.2) is 37.2 Å². The molecule has 0 aromatic carbocycles. The van der Waals surface area contributed by atoms with Crippen LogP contribution in [0.15, 0.2) is 48.6 Å². The number of carbonyl (C=O) groups excluding carboxylic acids is 3. The lowest BCUT2D eigenvalue weighted by Gasteiger charge is -2.18. The van der Waals surface area contributed by atoms with Crippen LogP contribution in [0.3, 0.4) is 0 Å². The van der Waals surface area contributed by atoms with Gasteiger partial charge in [-0.05, 0) is 57.8 Å². The Balaban J connectivity index is 4.25. The quantitative estimate of drug-likeness (QED) is 0.0261. The zero-order chi connectivity index (χ0) is 56.4. The summed E-state index contributed by atoms with van der Waals surface area (Å²) in [5.41, 5.74) is 0. The number of esters is 3. The molecule has 6 nitrogen and oxygen atoms in total. The Kier molecular flexibility index (Phi) is 64.6. The minimum atomic E-state index is -0.788. The van der Waals surface area contributed by atoms with Crippen LogP contribution >= 0.6 is 0 Å². The molecule has 0 saturated heterocycles. The second-order valence-electron chi connectivity index (χ2n) is 23.4. The minimum Gasteiger partial charge on any atom is -0.462 e. The van der Waals surface area contributed by atoms with Crippen molar-refractivity contribution >= 4 is 17.9 Å². The van der Waals surface area contributed by atoms with E-state index in [1.54, 1.807) is 0 Å². The SMILES string of the molecule is CC/C=C\C/C=C\C/C=C\C/C=C\CCCCC(=O)OCC(COC(=O)CCCCCCCCCCCCCCCCCCCCCCCCCCCCC)OC(=O)CCCCCCCCCCCCCCCCCCCC. The van der Waals surface area contributed by atoms with Crippen molar-refractivity contribution < 1.29 is 28.6 Å². The molecule has 0 spiro atoms. The van der Waals surface area contributed by atoms with Gasteiger partial charge in [-0.25, -0.2) is 0 Å². The van der Waals surface area contributed by atoms with Crippen molar-refractivity contribution in [3.63, 3.8) is 0 Å². The highest BCUT2D eigenvalue weighted by molar-refractivity contribution is 5.71. The van der Waals surface area contributed by atoms with E-state index in [-0.39, 0.29) is 31.1 Å². The lowest BCUT2D eigenvalue weighted by atomic mass is 10.0. The normalized spacial score (nSPS) is 12.3. The van der Waals surface area contributed by atoms with Crippen molar-refractivity contribution in [1.29, 1.82) is 0 Å². The summed E-state index contributed by atoms with van der Waals surface area (Å²) < 4.78 is 16.9. The first-order chi connectivity index (χ1) is 38.5. The predicted octanol–water partition coefficient (Wildman–Crippen LogP) is 23.7. The number of allylic oxidation sites excluding steroid dienone is 8. The summed E-state index contributed by atoms with van der Waals surface area (Å²) in [4.78, 5) is 38.4. The highest BCUT2D eigenvalue weighted by Gasteiger charge is 2.19. The van der Waals surface area contributed by atoms with Crippen molar-refractivity contribution in [2.24, 2.45) is 0 Å². The van der Waals surface area contributed by atoms with Gasteiger partial charge in [0.1, 0.15) is 13.2 Å². The number of carbonyl (C=O) groups is 3. The predicted molar refractivity (Wildman–Crippen MR) is 339 cm³/mol. The Morgan fingerprint density at radius 1 is 0.269 bits per heavy atom. The lowest BCUT2D eigenvalue weighted by molar-refractivity contribution is -0.167. The highest BCUT2D eigenvalue weighted by Crippen LogP contribution is 2.19. The summed E-state index contributed by atoms with van der Waals surface area (Å²) in [5.74, 6) is -0.898. The Labute approximate surface area is 486 Å². The zero-order valence-electron chi connectivity index (χ0n) is 52.5. The molecule has 78 heavy (non-hydrogen) atoms. The van der Waals surface area contributed by atoms with Gasteiger partial charge in [0.05, 0.1) is 0 Å². The Morgan fingerprint density at radius 2 is 0.500 bits per heavy atom. The maximum Gasteiger partial charge on any atom is 0.306 e. The van der Waals surface area contributed by atoms with Gasteiger partial charge in [0, 0.05) is 19.3 Å². The number of hydrogen-bond donors (Lipinski definition) is 0. The van der Waals surface area contributed by atoms with Crippen LogP contribution in [0, 0.1) is 0 Å². The van der Waals surface area contributed by atoms with Crippen molar-refractivity contribution in [3.05, 3.63) is 48.6 Å². The molecule has 0 aliphatic carbocycles. The summed E-state index contributed by atoms with van der Waals surface area (Å²) in [6.07, 6.45) is 84.4. The third-order valence-corrected chi connectivity index (χ3v) is 15.6. The molecule has 0 amide bonds. The second-order valence-corrected chi connectivity index (χ2v) is 23.4. The molecule has 0 bridgehead atoms. The largest absolute Gasteiger partial charge is 0.462 e. The van der Waals surface area contributed by atoms with Gasteiger partial charge in [0.15, 0.2) is 6.10 Å². The van der Waals surface area contributed by atoms with Gasteiger partial charge in [-0.2, -0.15) is 0 Å². The average molecular weight is 1090 g/mol. The van der Waals surface area contributed by atoms with Crippen molar-refractivity contribution in [3.8, 4) is 0 Å². The highest BCUT2D eigenvalue weighted by atomic mass is 16.6. The molecule has 0 saturated carbocycles. The van der Waals surface area contributed by atoms with Crippen LogP contribution in [-0.2, 0) is 28.6 Å². The van der Waals surface area contributed by atoms with E-state index in [2.05, 4.69) is 69.4 Å². The van der Waals surface area contributed by atoms with E-state index in [4.69, 9.17) is 14.2 Å². The third kappa shape index (κ3) is 64.2. The lowest BCUT2D eigenvalue weighted by Crippen LogP contribution is -2.30. The third-order valence-electron chi connectivity index (χ3n) is 15.6. The minimum absolute atomic E-state index is 0.0810. The van der Waals surface area contributed by atoms with Gasteiger partial charge in [-0.15, -0.1) is 0 Å². The van der Waals surface area contributed by atoms with Crippen molar-refractivity contribution in [2.75, 3.05) is 13.2 Å². The van der Waals surface area contributed by atoms with E-state index >= 15 is 0 Å². The Hall–Kier alpha value is -2.63. The van der Waals surface area contributed by atoms with Gasteiger partial charge in [0.2, 0.25) is 0 Å².